The van der Waals surface area contributed by atoms with E-state index < -0.39 is 0 Å². The van der Waals surface area contributed by atoms with Gasteiger partial charge in [-0.3, -0.25) is 14.4 Å². The van der Waals surface area contributed by atoms with Crippen molar-refractivity contribution in [1.82, 2.24) is 4.90 Å². The van der Waals surface area contributed by atoms with E-state index in [1.165, 1.54) is 18.1 Å². The maximum atomic E-state index is 13.1. The van der Waals surface area contributed by atoms with Crippen LogP contribution in [0.1, 0.15) is 31.9 Å². The fourth-order valence-electron chi connectivity index (χ4n) is 3.97. The van der Waals surface area contributed by atoms with Gasteiger partial charge < -0.3 is 20.4 Å². The van der Waals surface area contributed by atoms with Crippen molar-refractivity contribution in [2.24, 2.45) is 0 Å². The summed E-state index contributed by atoms with van der Waals surface area (Å²) in [6.45, 7) is 7.56. The van der Waals surface area contributed by atoms with Crippen LogP contribution in [0.25, 0.3) is 0 Å². The molecule has 31 heavy (non-hydrogen) atoms. The molecule has 0 saturated carbocycles. The lowest BCUT2D eigenvalue weighted by Gasteiger charge is -2.33. The first kappa shape index (κ1) is 22.5. The van der Waals surface area contributed by atoms with E-state index in [4.69, 9.17) is 0 Å². The van der Waals surface area contributed by atoms with Crippen LogP contribution in [0.2, 0.25) is 0 Å². The van der Waals surface area contributed by atoms with E-state index in [1.54, 1.807) is 24.3 Å². The molecule has 0 aromatic heterocycles. The molecular formula is C24H31N4O3+. The number of amides is 3. The van der Waals surface area contributed by atoms with Crippen molar-refractivity contribution in [1.29, 1.82) is 0 Å². The summed E-state index contributed by atoms with van der Waals surface area (Å²) in [4.78, 5) is 39.6. The smallest absolute Gasteiger partial charge is 0.280 e. The molecule has 2 aromatic rings. The van der Waals surface area contributed by atoms with Crippen molar-refractivity contribution in [3.8, 4) is 0 Å². The number of hydrogen-bond acceptors (Lipinski definition) is 3. The van der Waals surface area contributed by atoms with E-state index in [0.717, 1.165) is 11.3 Å². The van der Waals surface area contributed by atoms with Crippen molar-refractivity contribution in [2.45, 2.75) is 39.8 Å². The van der Waals surface area contributed by atoms with E-state index in [9.17, 15) is 14.4 Å². The van der Waals surface area contributed by atoms with Gasteiger partial charge in [-0.05, 0) is 55.7 Å². The largest absolute Gasteiger partial charge is 0.333 e. The van der Waals surface area contributed by atoms with Gasteiger partial charge >= 0.3 is 0 Å². The number of fused-ring (bicyclic) bond motifs is 1. The Balaban J connectivity index is 1.56. The van der Waals surface area contributed by atoms with Gasteiger partial charge in [-0.2, -0.15) is 0 Å². The Kier molecular flexibility index (Phi) is 7.41. The summed E-state index contributed by atoms with van der Waals surface area (Å²) in [5.41, 5.74) is 3.84. The first-order chi connectivity index (χ1) is 14.9. The minimum atomic E-state index is -0.303. The predicted molar refractivity (Wildman–Crippen MR) is 121 cm³/mol. The van der Waals surface area contributed by atoms with E-state index >= 15 is 0 Å². The van der Waals surface area contributed by atoms with Gasteiger partial charge in [0, 0.05) is 31.4 Å². The zero-order valence-electron chi connectivity index (χ0n) is 18.4. The van der Waals surface area contributed by atoms with Gasteiger partial charge in [0.25, 0.3) is 11.8 Å². The van der Waals surface area contributed by atoms with Gasteiger partial charge in [-0.25, -0.2) is 0 Å². The molecule has 3 N–H and O–H groups in total. The van der Waals surface area contributed by atoms with E-state index in [-0.39, 0.29) is 30.3 Å². The topological polar surface area (TPSA) is 83.0 Å². The van der Waals surface area contributed by atoms with E-state index in [0.29, 0.717) is 31.0 Å². The average molecular weight is 424 g/mol. The summed E-state index contributed by atoms with van der Waals surface area (Å²) in [6.07, 6.45) is 0.866. The molecule has 1 aliphatic rings. The molecule has 0 bridgehead atoms. The predicted octanol–water partition coefficient (Wildman–Crippen LogP) is 1.46. The number of carbonyl (C=O) groups excluding carboxylic acids is 3. The molecule has 0 fully saturated rings. The van der Waals surface area contributed by atoms with E-state index in [1.807, 2.05) is 30.9 Å². The average Bonchev–Trinajstić information content (AvgIpc) is 2.77. The van der Waals surface area contributed by atoms with Gasteiger partial charge in [0.15, 0.2) is 12.6 Å². The van der Waals surface area contributed by atoms with Gasteiger partial charge in [0.05, 0.1) is 6.54 Å². The van der Waals surface area contributed by atoms with Gasteiger partial charge in [-0.1, -0.05) is 24.3 Å². The first-order valence-corrected chi connectivity index (χ1v) is 10.7. The number of rotatable bonds is 7. The summed E-state index contributed by atoms with van der Waals surface area (Å²) >= 11 is 0. The fourth-order valence-corrected chi connectivity index (χ4v) is 3.97. The molecule has 0 aliphatic carbocycles. The summed E-state index contributed by atoms with van der Waals surface area (Å²) in [6, 6.07) is 14.9. The molecule has 0 spiro atoms. The lowest BCUT2D eigenvalue weighted by molar-refractivity contribution is -0.904. The zero-order valence-corrected chi connectivity index (χ0v) is 18.4. The Hall–Kier alpha value is -3.19. The number of carbonyl (C=O) groups is 3. The number of benzene rings is 2. The summed E-state index contributed by atoms with van der Waals surface area (Å²) in [7, 11) is 0. The standard InChI is InChI=1S/C24H30N4O3/c1-4-27(16-23(30)26-22-11-9-21(10-12-22)25-18(3)29)17(2)24(31)28-14-13-19-7-5-6-8-20(19)15-28/h5-12,17H,4,13-16H2,1-3H3,(H,25,29)(H,26,30)/p+1/t17-/m0/s1. The lowest BCUT2D eigenvalue weighted by Crippen LogP contribution is -3.17. The van der Waals surface area contributed by atoms with Crippen molar-refractivity contribution < 1.29 is 19.3 Å². The SMILES string of the molecule is CC[NH+](CC(=O)Nc1ccc(NC(C)=O)cc1)[C@@H](C)C(=O)N1CCc2ccccc2C1. The Morgan fingerprint density at radius 3 is 2.23 bits per heavy atom. The molecule has 3 amide bonds. The van der Waals surface area contributed by atoms with E-state index in [2.05, 4.69) is 22.8 Å². The molecule has 2 atom stereocenters. The van der Waals surface area contributed by atoms with Crippen molar-refractivity contribution in [3.63, 3.8) is 0 Å². The molecule has 0 radical (unpaired) electrons. The number of nitrogens with zero attached hydrogens (tertiary/aromatic N) is 1. The number of nitrogens with one attached hydrogen (secondary N) is 3. The first-order valence-electron chi connectivity index (χ1n) is 10.7. The molecule has 7 heteroatoms. The van der Waals surface area contributed by atoms with Crippen LogP contribution < -0.4 is 15.5 Å². The molecular weight excluding hydrogens is 392 g/mol. The summed E-state index contributed by atoms with van der Waals surface area (Å²) in [5, 5.41) is 5.57. The summed E-state index contributed by atoms with van der Waals surface area (Å²) in [5.74, 6) is -0.207. The van der Waals surface area contributed by atoms with Gasteiger partial charge in [0.1, 0.15) is 0 Å². The molecule has 3 rings (SSSR count). The number of likely N-dealkylation sites (N-methyl/N-ethyl adjacent to an activating group) is 1. The second-order valence-corrected chi connectivity index (χ2v) is 8.00. The molecule has 164 valence electrons. The lowest BCUT2D eigenvalue weighted by atomic mass is 9.99. The van der Waals surface area contributed by atoms with Crippen LogP contribution in [0.15, 0.2) is 48.5 Å². The van der Waals surface area contributed by atoms with Crippen molar-refractivity contribution >= 4 is 29.1 Å². The number of anilines is 2. The van der Waals surface area contributed by atoms with Gasteiger partial charge in [-0.15, -0.1) is 0 Å². The van der Waals surface area contributed by atoms with Gasteiger partial charge in [0.2, 0.25) is 5.91 Å². The van der Waals surface area contributed by atoms with Crippen LogP contribution in [0.4, 0.5) is 11.4 Å². The zero-order chi connectivity index (χ0) is 22.4. The monoisotopic (exact) mass is 423 g/mol. The quantitative estimate of drug-likeness (QED) is 0.631. The molecule has 1 aliphatic heterocycles. The van der Waals surface area contributed by atoms with Crippen LogP contribution in [0, 0.1) is 0 Å². The van der Waals surface area contributed by atoms with Crippen LogP contribution >= 0.6 is 0 Å². The molecule has 1 heterocycles. The highest BCUT2D eigenvalue weighted by Crippen LogP contribution is 2.18. The highest BCUT2D eigenvalue weighted by Gasteiger charge is 2.31. The van der Waals surface area contributed by atoms with Crippen molar-refractivity contribution in [3.05, 3.63) is 59.7 Å². The van der Waals surface area contributed by atoms with Crippen LogP contribution in [-0.2, 0) is 27.3 Å². The van der Waals surface area contributed by atoms with Crippen LogP contribution in [-0.4, -0.2) is 48.3 Å². The normalized spacial score (nSPS) is 14.9. The summed E-state index contributed by atoms with van der Waals surface area (Å²) < 4.78 is 0. The van der Waals surface area contributed by atoms with Crippen LogP contribution in [0.3, 0.4) is 0 Å². The maximum absolute atomic E-state index is 13.1. The molecule has 1 unspecified atom stereocenters. The number of hydrogen-bond donors (Lipinski definition) is 3. The maximum Gasteiger partial charge on any atom is 0.280 e. The Morgan fingerprint density at radius 1 is 1.00 bits per heavy atom. The Labute approximate surface area is 183 Å². The highest BCUT2D eigenvalue weighted by molar-refractivity contribution is 5.93. The Morgan fingerprint density at radius 2 is 1.61 bits per heavy atom. The third kappa shape index (κ3) is 5.92. The minimum absolute atomic E-state index is 0.0822. The second-order valence-electron chi connectivity index (χ2n) is 8.00. The Bertz CT molecular complexity index is 942. The van der Waals surface area contributed by atoms with Crippen molar-refractivity contribution in [2.75, 3.05) is 30.3 Å². The molecule has 2 aromatic carbocycles. The highest BCUT2D eigenvalue weighted by atomic mass is 16.2. The third-order valence-electron chi connectivity index (χ3n) is 5.76. The second kappa shape index (κ2) is 10.2. The number of quaternary nitrogens is 1. The minimum Gasteiger partial charge on any atom is -0.333 e. The third-order valence-corrected chi connectivity index (χ3v) is 5.76. The fraction of sp³-hybridized carbons (Fsp3) is 0.375. The molecule has 0 saturated heterocycles. The van der Waals surface area contributed by atoms with Crippen LogP contribution in [0.5, 0.6) is 0 Å². The molecule has 7 nitrogen and oxygen atoms in total.